The Morgan fingerprint density at radius 2 is 1.08 bits per heavy atom. The molecule has 254 valence electrons. The van der Waals surface area contributed by atoms with E-state index in [9.17, 15) is 0 Å². The maximum Gasteiger partial charge on any atom is 2.00 e. The molecule has 1 atom stereocenters. The van der Waals surface area contributed by atoms with E-state index >= 15 is 0 Å². The molecule has 6 aromatic rings. The summed E-state index contributed by atoms with van der Waals surface area (Å²) in [5.41, 5.74) is 8.95. The van der Waals surface area contributed by atoms with Crippen molar-refractivity contribution in [3.8, 4) is 11.5 Å². The molecule has 0 saturated carbocycles. The normalized spacial score (nSPS) is 11.5. The summed E-state index contributed by atoms with van der Waals surface area (Å²) in [5.74, 6) is 1.93. The number of hydrogen-bond acceptors (Lipinski definition) is 2. The Labute approximate surface area is 307 Å². The zero-order chi connectivity index (χ0) is 34.4. The van der Waals surface area contributed by atoms with Gasteiger partial charge in [-0.25, -0.2) is 5.30 Å². The quantitative estimate of drug-likeness (QED) is 0.0846. The molecule has 0 amide bonds. The van der Waals surface area contributed by atoms with E-state index in [4.69, 9.17) is 9.47 Å². The average molecular weight is 722 g/mol. The van der Waals surface area contributed by atoms with Crippen molar-refractivity contribution in [1.29, 1.82) is 0 Å². The van der Waals surface area contributed by atoms with Gasteiger partial charge >= 0.3 is 17.1 Å². The summed E-state index contributed by atoms with van der Waals surface area (Å²) in [5, 5.41) is 6.93. The molecule has 0 N–H and O–H groups in total. The Morgan fingerprint density at radius 1 is 0.653 bits per heavy atom. The number of hydrogen-bond donors (Lipinski definition) is 0. The Bertz CT molecular complexity index is 1790. The number of rotatable bonds is 9. The van der Waals surface area contributed by atoms with Gasteiger partial charge in [-0.3, -0.25) is 11.6 Å². The van der Waals surface area contributed by atoms with Crippen molar-refractivity contribution >= 4 is 42.4 Å². The first kappa shape index (κ1) is 38.4. The number of ether oxygens (including phenoxy) is 2. The molecular weight excluding hydrogens is 678 g/mol. The molecule has 0 aromatic heterocycles. The van der Waals surface area contributed by atoms with Gasteiger partial charge in [0.15, 0.2) is 0 Å². The van der Waals surface area contributed by atoms with Crippen molar-refractivity contribution in [3.05, 3.63) is 160 Å². The van der Waals surface area contributed by atoms with Gasteiger partial charge in [-0.15, -0.1) is 7.92 Å². The predicted octanol–water partition coefficient (Wildman–Crippen LogP) is 8.63. The van der Waals surface area contributed by atoms with E-state index in [0.717, 1.165) is 11.5 Å². The van der Waals surface area contributed by atoms with Crippen LogP contribution in [0, 0.1) is 71.9 Å². The maximum absolute atomic E-state index is 5.78. The second-order valence-corrected chi connectivity index (χ2v) is 16.8. The molecule has 0 aliphatic rings. The van der Waals surface area contributed by atoms with Gasteiger partial charge in [0, 0.05) is 0 Å². The molecule has 2 nitrogen and oxygen atoms in total. The van der Waals surface area contributed by atoms with Crippen LogP contribution in [0.3, 0.4) is 0 Å². The van der Waals surface area contributed by atoms with E-state index < -0.39 is 15.8 Å². The van der Waals surface area contributed by atoms with Crippen molar-refractivity contribution in [2.75, 3.05) is 14.2 Å². The van der Waals surface area contributed by atoms with Gasteiger partial charge in [-0.2, -0.15) is 0 Å². The third-order valence-corrected chi connectivity index (χ3v) is 14.2. The number of benzene rings is 4. The minimum absolute atomic E-state index is 0. The van der Waals surface area contributed by atoms with E-state index in [-0.39, 0.29) is 22.7 Å². The number of aryl methyl sites for hydroxylation is 6. The summed E-state index contributed by atoms with van der Waals surface area (Å²) < 4.78 is 11.6. The van der Waals surface area contributed by atoms with Crippen molar-refractivity contribution in [2.24, 2.45) is 0 Å². The molecule has 6 rings (SSSR count). The van der Waals surface area contributed by atoms with E-state index in [2.05, 4.69) is 164 Å². The summed E-state index contributed by atoms with van der Waals surface area (Å²) in [6, 6.07) is 47.4. The molecule has 0 saturated heterocycles. The molecule has 0 aliphatic carbocycles. The van der Waals surface area contributed by atoms with Crippen LogP contribution in [0.4, 0.5) is 0 Å². The molecule has 0 radical (unpaired) electrons. The van der Waals surface area contributed by atoms with Gasteiger partial charge in [0.05, 0.1) is 14.2 Å². The smallest absolute Gasteiger partial charge is 0.999 e. The van der Waals surface area contributed by atoms with Crippen LogP contribution < -0.4 is 36.0 Å². The topological polar surface area (TPSA) is 18.5 Å². The fourth-order valence-electron chi connectivity index (χ4n) is 6.61. The van der Waals surface area contributed by atoms with Gasteiger partial charge in [-0.05, 0) is 134 Å². The molecule has 6 aromatic carbocycles. The van der Waals surface area contributed by atoms with Crippen LogP contribution in [0.15, 0.2) is 91.0 Å². The second-order valence-electron chi connectivity index (χ2n) is 12.1. The SMILES string of the molecule is COc1c(C)cc(P(c2cc(C)c(OC)c(C)c2)[c-]2cc[c-]c2[C@@H](C)P(c2ccccc2C)c2ccccc2C)cc1C.[Fe+2].[c-]1[c-][c-][cH-][c-]1. The van der Waals surface area contributed by atoms with Crippen LogP contribution in [-0.2, 0) is 17.1 Å². The van der Waals surface area contributed by atoms with E-state index in [1.165, 1.54) is 65.5 Å². The molecule has 0 unspecified atom stereocenters. The Morgan fingerprint density at radius 3 is 1.45 bits per heavy atom. The first-order chi connectivity index (χ1) is 23.2. The Hall–Kier alpha value is -3.44. The van der Waals surface area contributed by atoms with E-state index in [0.29, 0.717) is 0 Å². The van der Waals surface area contributed by atoms with Crippen LogP contribution in [0.2, 0.25) is 0 Å². The van der Waals surface area contributed by atoms with Crippen LogP contribution in [0.1, 0.15) is 51.5 Å². The monoisotopic (exact) mass is 721 g/mol. The zero-order valence-electron chi connectivity index (χ0n) is 29.8. The van der Waals surface area contributed by atoms with Crippen molar-refractivity contribution < 1.29 is 26.5 Å². The summed E-state index contributed by atoms with van der Waals surface area (Å²) in [4.78, 5) is 0. The molecule has 0 spiro atoms. The first-order valence-electron chi connectivity index (χ1n) is 16.2. The fraction of sp³-hybridized carbons (Fsp3) is 0.227. The van der Waals surface area contributed by atoms with Gasteiger partial charge in [-0.1, -0.05) is 55.5 Å². The minimum Gasteiger partial charge on any atom is -0.999 e. The fourth-order valence-corrected chi connectivity index (χ4v) is 12.6. The summed E-state index contributed by atoms with van der Waals surface area (Å²) >= 11 is 0. The molecule has 0 heterocycles. The van der Waals surface area contributed by atoms with Gasteiger partial charge in [0.1, 0.15) is 11.5 Å². The second kappa shape index (κ2) is 17.5. The molecular formula is C44H43FeO2P2-5. The minimum atomic E-state index is -0.872. The largest absolute Gasteiger partial charge is 2.00 e. The Balaban J connectivity index is 0.000000826. The molecule has 0 aliphatic heterocycles. The van der Waals surface area contributed by atoms with E-state index in [1.54, 1.807) is 20.3 Å². The van der Waals surface area contributed by atoms with Crippen LogP contribution in [-0.4, -0.2) is 14.2 Å². The average Bonchev–Trinajstić information content (AvgIpc) is 3.79. The van der Waals surface area contributed by atoms with Crippen LogP contribution in [0.25, 0.3) is 0 Å². The third-order valence-electron chi connectivity index (χ3n) is 8.72. The van der Waals surface area contributed by atoms with Gasteiger partial charge < -0.3 is 51.9 Å². The van der Waals surface area contributed by atoms with Crippen LogP contribution in [0.5, 0.6) is 11.5 Å². The summed E-state index contributed by atoms with van der Waals surface area (Å²) in [6.45, 7) is 15.6. The van der Waals surface area contributed by atoms with Crippen molar-refractivity contribution in [1.82, 2.24) is 0 Å². The number of methoxy groups -OCH3 is 2. The maximum atomic E-state index is 5.78. The van der Waals surface area contributed by atoms with Gasteiger partial charge in [0.25, 0.3) is 0 Å². The predicted molar refractivity (Wildman–Crippen MR) is 206 cm³/mol. The molecule has 0 bridgehead atoms. The van der Waals surface area contributed by atoms with Crippen molar-refractivity contribution in [2.45, 2.75) is 54.1 Å². The standard InChI is InChI=1S/C39H42O2P2.C5H.Fe/c1-25-15-10-12-18-35(25)42(36-19-13-11-16-26(36)2)31(7)34-17-14-20-37(34)43(32-21-27(3)38(40-8)28(4)22-32)33-23-29(5)39(41-9)30(6)24-33;1-2-4-5-3-1;/h10-16,18-24,31H,1-9H3;1H;/q-2;-5;+2/t31-;;/m1../s1. The molecule has 0 fully saturated rings. The summed E-state index contributed by atoms with van der Waals surface area (Å²) in [6.07, 6.45) is 0. The van der Waals surface area contributed by atoms with Crippen LogP contribution >= 0.6 is 15.8 Å². The van der Waals surface area contributed by atoms with Gasteiger partial charge in [0.2, 0.25) is 0 Å². The Kier molecular flexibility index (Phi) is 13.7. The van der Waals surface area contributed by atoms with E-state index in [1.807, 2.05) is 0 Å². The first-order valence-corrected chi connectivity index (χ1v) is 18.9. The summed E-state index contributed by atoms with van der Waals surface area (Å²) in [7, 11) is 1.97. The molecule has 5 heteroatoms. The third kappa shape index (κ3) is 8.48. The zero-order valence-corrected chi connectivity index (χ0v) is 32.7. The van der Waals surface area contributed by atoms with Crippen molar-refractivity contribution in [3.63, 3.8) is 0 Å². The molecule has 49 heavy (non-hydrogen) atoms.